The highest BCUT2D eigenvalue weighted by molar-refractivity contribution is 6.30. The summed E-state index contributed by atoms with van der Waals surface area (Å²) >= 11 is 5.79. The number of anilines is 2. The maximum Gasteiger partial charge on any atom is 0.262 e. The molecule has 0 saturated heterocycles. The van der Waals surface area contributed by atoms with Gasteiger partial charge < -0.3 is 15.8 Å². The fourth-order valence-electron chi connectivity index (χ4n) is 1.88. The van der Waals surface area contributed by atoms with Crippen LogP contribution in [0.5, 0.6) is 5.75 Å². The molecule has 0 saturated carbocycles. The first-order chi connectivity index (χ1) is 9.95. The van der Waals surface area contributed by atoms with Crippen molar-refractivity contribution in [2.75, 3.05) is 17.7 Å². The number of nitrogen functional groups attached to an aromatic ring is 1. The van der Waals surface area contributed by atoms with Gasteiger partial charge in [-0.3, -0.25) is 4.79 Å². The van der Waals surface area contributed by atoms with Crippen molar-refractivity contribution in [3.8, 4) is 5.75 Å². The monoisotopic (exact) mass is 304 g/mol. The molecular weight excluding hydrogens is 288 g/mol. The summed E-state index contributed by atoms with van der Waals surface area (Å²) < 4.78 is 5.51. The highest BCUT2D eigenvalue weighted by Crippen LogP contribution is 2.24. The van der Waals surface area contributed by atoms with Gasteiger partial charge in [0.1, 0.15) is 5.75 Å². The maximum atomic E-state index is 11.8. The smallest absolute Gasteiger partial charge is 0.262 e. The molecule has 2 rings (SSSR count). The van der Waals surface area contributed by atoms with E-state index in [0.717, 1.165) is 11.1 Å². The van der Waals surface area contributed by atoms with Crippen molar-refractivity contribution < 1.29 is 9.53 Å². The Morgan fingerprint density at radius 3 is 2.52 bits per heavy atom. The van der Waals surface area contributed by atoms with Crippen LogP contribution in [-0.4, -0.2) is 12.5 Å². The van der Waals surface area contributed by atoms with Crippen molar-refractivity contribution in [2.45, 2.75) is 13.8 Å². The molecule has 2 aromatic rings. The molecule has 0 bridgehead atoms. The molecule has 0 aliphatic carbocycles. The second kappa shape index (κ2) is 6.50. The van der Waals surface area contributed by atoms with Crippen molar-refractivity contribution in [1.82, 2.24) is 0 Å². The van der Waals surface area contributed by atoms with Crippen LogP contribution in [0.2, 0.25) is 5.02 Å². The zero-order valence-electron chi connectivity index (χ0n) is 11.9. The summed E-state index contributed by atoms with van der Waals surface area (Å²) in [5, 5.41) is 3.35. The second-order valence-corrected chi connectivity index (χ2v) is 5.25. The standard InChI is InChI=1S/C16H17ClN2O2/c1-10-7-11(2)15(8-14(10)18)21-9-16(20)19-13-5-3-12(17)4-6-13/h3-8H,9,18H2,1-2H3,(H,19,20). The summed E-state index contributed by atoms with van der Waals surface area (Å²) in [7, 11) is 0. The van der Waals surface area contributed by atoms with E-state index >= 15 is 0 Å². The van der Waals surface area contributed by atoms with Crippen LogP contribution in [0.4, 0.5) is 11.4 Å². The van der Waals surface area contributed by atoms with Gasteiger partial charge in [0, 0.05) is 22.5 Å². The van der Waals surface area contributed by atoms with Crippen LogP contribution in [0.15, 0.2) is 36.4 Å². The fraction of sp³-hybridized carbons (Fsp3) is 0.188. The number of hydrogen-bond donors (Lipinski definition) is 2. The summed E-state index contributed by atoms with van der Waals surface area (Å²) in [6.07, 6.45) is 0. The van der Waals surface area contributed by atoms with Crippen molar-refractivity contribution in [3.63, 3.8) is 0 Å². The van der Waals surface area contributed by atoms with Gasteiger partial charge >= 0.3 is 0 Å². The van der Waals surface area contributed by atoms with Crippen molar-refractivity contribution in [2.24, 2.45) is 0 Å². The Balaban J connectivity index is 1.95. The Morgan fingerprint density at radius 2 is 1.86 bits per heavy atom. The predicted octanol–water partition coefficient (Wildman–Crippen LogP) is 3.56. The first-order valence-corrected chi connectivity index (χ1v) is 6.88. The number of hydrogen-bond acceptors (Lipinski definition) is 3. The molecule has 3 N–H and O–H groups in total. The normalized spacial score (nSPS) is 10.2. The maximum absolute atomic E-state index is 11.8. The van der Waals surface area contributed by atoms with E-state index in [4.69, 9.17) is 22.1 Å². The van der Waals surface area contributed by atoms with E-state index in [1.807, 2.05) is 19.9 Å². The lowest BCUT2D eigenvalue weighted by Gasteiger charge is -2.11. The molecular formula is C16H17ClN2O2. The predicted molar refractivity (Wildman–Crippen MR) is 85.9 cm³/mol. The molecule has 21 heavy (non-hydrogen) atoms. The van der Waals surface area contributed by atoms with Gasteiger partial charge in [-0.1, -0.05) is 17.7 Å². The summed E-state index contributed by atoms with van der Waals surface area (Å²) in [4.78, 5) is 11.8. The topological polar surface area (TPSA) is 64.3 Å². The molecule has 0 aliphatic rings. The molecule has 5 heteroatoms. The van der Waals surface area contributed by atoms with Crippen LogP contribution in [-0.2, 0) is 4.79 Å². The van der Waals surface area contributed by atoms with Gasteiger partial charge in [-0.05, 0) is 49.2 Å². The van der Waals surface area contributed by atoms with E-state index in [9.17, 15) is 4.79 Å². The van der Waals surface area contributed by atoms with Crippen molar-refractivity contribution in [3.05, 3.63) is 52.5 Å². The molecule has 0 heterocycles. The average Bonchev–Trinajstić information content (AvgIpc) is 2.44. The third-order valence-electron chi connectivity index (χ3n) is 3.05. The van der Waals surface area contributed by atoms with E-state index in [2.05, 4.69) is 5.32 Å². The van der Waals surface area contributed by atoms with Crippen LogP contribution in [0.3, 0.4) is 0 Å². The lowest BCUT2D eigenvalue weighted by molar-refractivity contribution is -0.118. The number of nitrogens with two attached hydrogens (primary N) is 1. The van der Waals surface area contributed by atoms with E-state index in [1.54, 1.807) is 30.3 Å². The summed E-state index contributed by atoms with van der Waals surface area (Å²) in [6.45, 7) is 3.77. The Morgan fingerprint density at radius 1 is 1.19 bits per heavy atom. The highest BCUT2D eigenvalue weighted by atomic mass is 35.5. The number of rotatable bonds is 4. The number of carbonyl (C=O) groups is 1. The zero-order valence-corrected chi connectivity index (χ0v) is 12.7. The van der Waals surface area contributed by atoms with Gasteiger partial charge in [-0.15, -0.1) is 0 Å². The van der Waals surface area contributed by atoms with Crippen LogP contribution >= 0.6 is 11.6 Å². The molecule has 0 unspecified atom stereocenters. The minimum atomic E-state index is -0.240. The van der Waals surface area contributed by atoms with Gasteiger partial charge in [0.05, 0.1) is 0 Å². The van der Waals surface area contributed by atoms with E-state index in [1.165, 1.54) is 0 Å². The van der Waals surface area contributed by atoms with E-state index in [0.29, 0.717) is 22.1 Å². The number of carbonyl (C=O) groups excluding carboxylic acids is 1. The summed E-state index contributed by atoms with van der Waals surface area (Å²) in [6, 6.07) is 10.6. The average molecular weight is 305 g/mol. The Bertz CT molecular complexity index is 654. The van der Waals surface area contributed by atoms with Gasteiger partial charge in [0.25, 0.3) is 5.91 Å². The first kappa shape index (κ1) is 15.2. The van der Waals surface area contributed by atoms with Crippen LogP contribution < -0.4 is 15.8 Å². The Kier molecular flexibility index (Phi) is 4.70. The number of ether oxygens (including phenoxy) is 1. The first-order valence-electron chi connectivity index (χ1n) is 6.50. The zero-order chi connectivity index (χ0) is 15.4. The second-order valence-electron chi connectivity index (χ2n) is 4.82. The molecule has 0 aliphatic heterocycles. The number of benzene rings is 2. The summed E-state index contributed by atoms with van der Waals surface area (Å²) in [5.74, 6) is 0.375. The number of amides is 1. The summed E-state index contributed by atoms with van der Waals surface area (Å²) in [5.41, 5.74) is 9.10. The Hall–Kier alpha value is -2.20. The van der Waals surface area contributed by atoms with Crippen LogP contribution in [0, 0.1) is 13.8 Å². The lowest BCUT2D eigenvalue weighted by Crippen LogP contribution is -2.20. The van der Waals surface area contributed by atoms with Crippen LogP contribution in [0.25, 0.3) is 0 Å². The van der Waals surface area contributed by atoms with Crippen molar-refractivity contribution in [1.29, 1.82) is 0 Å². The van der Waals surface area contributed by atoms with E-state index in [-0.39, 0.29) is 12.5 Å². The fourth-order valence-corrected chi connectivity index (χ4v) is 2.00. The molecule has 1 amide bonds. The number of aryl methyl sites for hydroxylation is 2. The lowest BCUT2D eigenvalue weighted by atomic mass is 10.1. The minimum absolute atomic E-state index is 0.0774. The number of nitrogens with one attached hydrogen (secondary N) is 1. The van der Waals surface area contributed by atoms with Crippen molar-refractivity contribution >= 4 is 28.9 Å². The molecule has 0 atom stereocenters. The minimum Gasteiger partial charge on any atom is -0.483 e. The SMILES string of the molecule is Cc1cc(C)c(OCC(=O)Nc2ccc(Cl)cc2)cc1N. The molecule has 0 spiro atoms. The quantitative estimate of drug-likeness (QED) is 0.849. The largest absolute Gasteiger partial charge is 0.483 e. The third-order valence-corrected chi connectivity index (χ3v) is 3.30. The van der Waals surface area contributed by atoms with Crippen LogP contribution in [0.1, 0.15) is 11.1 Å². The van der Waals surface area contributed by atoms with Gasteiger partial charge in [-0.25, -0.2) is 0 Å². The Labute approximate surface area is 128 Å². The molecule has 0 aromatic heterocycles. The molecule has 0 radical (unpaired) electrons. The third kappa shape index (κ3) is 4.13. The molecule has 4 nitrogen and oxygen atoms in total. The molecule has 0 fully saturated rings. The molecule has 110 valence electrons. The molecule has 2 aromatic carbocycles. The van der Waals surface area contributed by atoms with E-state index < -0.39 is 0 Å². The highest BCUT2D eigenvalue weighted by Gasteiger charge is 2.07. The van der Waals surface area contributed by atoms with Gasteiger partial charge in [0.15, 0.2) is 6.61 Å². The number of halogens is 1. The van der Waals surface area contributed by atoms with Gasteiger partial charge in [-0.2, -0.15) is 0 Å². The van der Waals surface area contributed by atoms with Gasteiger partial charge in [0.2, 0.25) is 0 Å².